The van der Waals surface area contributed by atoms with Crippen LogP contribution in [0, 0.1) is 5.41 Å². The summed E-state index contributed by atoms with van der Waals surface area (Å²) in [6, 6.07) is 9.68. The van der Waals surface area contributed by atoms with Gasteiger partial charge in [-0.1, -0.05) is 37.3 Å². The standard InChI is InChI=1S/C15H21NO2/c1-11(15(2)9-10-15)16-13(14(17)18-3)12-7-5-4-6-8-12/h4-8,11,13,16H,9-10H2,1-3H3. The van der Waals surface area contributed by atoms with Crippen molar-refractivity contribution in [2.45, 2.75) is 38.8 Å². The van der Waals surface area contributed by atoms with E-state index in [2.05, 4.69) is 19.2 Å². The summed E-state index contributed by atoms with van der Waals surface area (Å²) in [4.78, 5) is 11.9. The molecule has 0 radical (unpaired) electrons. The molecule has 1 fully saturated rings. The molecule has 2 rings (SSSR count). The molecule has 1 aromatic rings. The zero-order valence-electron chi connectivity index (χ0n) is 11.3. The third kappa shape index (κ3) is 2.72. The van der Waals surface area contributed by atoms with Crippen molar-refractivity contribution >= 4 is 5.97 Å². The second-order valence-corrected chi connectivity index (χ2v) is 5.41. The monoisotopic (exact) mass is 247 g/mol. The molecule has 0 spiro atoms. The number of nitrogens with one attached hydrogen (secondary N) is 1. The largest absolute Gasteiger partial charge is 0.468 e. The molecule has 3 nitrogen and oxygen atoms in total. The van der Waals surface area contributed by atoms with Crippen molar-refractivity contribution in [3.63, 3.8) is 0 Å². The molecular weight excluding hydrogens is 226 g/mol. The van der Waals surface area contributed by atoms with Crippen LogP contribution in [0.4, 0.5) is 0 Å². The summed E-state index contributed by atoms with van der Waals surface area (Å²) in [6.45, 7) is 4.40. The Morgan fingerprint density at radius 2 is 1.94 bits per heavy atom. The predicted molar refractivity (Wildman–Crippen MR) is 71.1 cm³/mol. The van der Waals surface area contributed by atoms with Gasteiger partial charge in [-0.3, -0.25) is 5.32 Å². The molecule has 0 amide bonds. The Kier molecular flexibility index (Phi) is 3.71. The first-order chi connectivity index (χ1) is 8.57. The SMILES string of the molecule is COC(=O)C(NC(C)C1(C)CC1)c1ccccc1. The highest BCUT2D eigenvalue weighted by Crippen LogP contribution is 2.48. The van der Waals surface area contributed by atoms with E-state index < -0.39 is 0 Å². The number of carbonyl (C=O) groups is 1. The van der Waals surface area contributed by atoms with Crippen molar-refractivity contribution in [3.05, 3.63) is 35.9 Å². The highest BCUT2D eigenvalue weighted by molar-refractivity contribution is 5.77. The Morgan fingerprint density at radius 3 is 2.44 bits per heavy atom. The Balaban J connectivity index is 2.13. The maximum Gasteiger partial charge on any atom is 0.327 e. The zero-order chi connectivity index (χ0) is 13.2. The van der Waals surface area contributed by atoms with E-state index in [9.17, 15) is 4.79 Å². The highest BCUT2D eigenvalue weighted by atomic mass is 16.5. The number of esters is 1. The normalized spacial score (nSPS) is 19.9. The van der Waals surface area contributed by atoms with Crippen LogP contribution < -0.4 is 5.32 Å². The van der Waals surface area contributed by atoms with Crippen molar-refractivity contribution in [1.82, 2.24) is 5.32 Å². The van der Waals surface area contributed by atoms with Crippen molar-refractivity contribution < 1.29 is 9.53 Å². The van der Waals surface area contributed by atoms with Gasteiger partial charge in [0.1, 0.15) is 6.04 Å². The van der Waals surface area contributed by atoms with Crippen LogP contribution in [-0.2, 0) is 9.53 Å². The Morgan fingerprint density at radius 1 is 1.33 bits per heavy atom. The van der Waals surface area contributed by atoms with Gasteiger partial charge in [0.25, 0.3) is 0 Å². The fourth-order valence-electron chi connectivity index (χ4n) is 2.15. The quantitative estimate of drug-likeness (QED) is 0.813. The van der Waals surface area contributed by atoms with Crippen LogP contribution in [0.15, 0.2) is 30.3 Å². The number of rotatable bonds is 5. The summed E-state index contributed by atoms with van der Waals surface area (Å²) >= 11 is 0. The van der Waals surface area contributed by atoms with Gasteiger partial charge in [-0.25, -0.2) is 4.79 Å². The van der Waals surface area contributed by atoms with Gasteiger partial charge in [-0.15, -0.1) is 0 Å². The first kappa shape index (κ1) is 13.1. The molecule has 2 unspecified atom stereocenters. The molecule has 0 bridgehead atoms. The fourth-order valence-corrected chi connectivity index (χ4v) is 2.15. The molecular formula is C15H21NO2. The first-order valence-electron chi connectivity index (χ1n) is 6.46. The van der Waals surface area contributed by atoms with E-state index in [0.717, 1.165) is 5.56 Å². The summed E-state index contributed by atoms with van der Waals surface area (Å²) < 4.78 is 4.90. The smallest absolute Gasteiger partial charge is 0.327 e. The Labute approximate surface area is 109 Å². The van der Waals surface area contributed by atoms with Crippen molar-refractivity contribution in [2.24, 2.45) is 5.41 Å². The minimum atomic E-state index is -0.372. The van der Waals surface area contributed by atoms with Crippen LogP contribution in [0.1, 0.15) is 38.3 Å². The molecule has 0 saturated heterocycles. The predicted octanol–water partition coefficient (Wildman–Crippen LogP) is 2.68. The minimum Gasteiger partial charge on any atom is -0.468 e. The third-order valence-electron chi connectivity index (χ3n) is 4.07. The Bertz CT molecular complexity index is 412. The highest BCUT2D eigenvalue weighted by Gasteiger charge is 2.43. The van der Waals surface area contributed by atoms with E-state index in [1.807, 2.05) is 30.3 Å². The van der Waals surface area contributed by atoms with E-state index in [-0.39, 0.29) is 12.0 Å². The van der Waals surface area contributed by atoms with E-state index in [4.69, 9.17) is 4.74 Å². The van der Waals surface area contributed by atoms with E-state index >= 15 is 0 Å². The molecule has 0 heterocycles. The average molecular weight is 247 g/mol. The number of hydrogen-bond acceptors (Lipinski definition) is 3. The van der Waals surface area contributed by atoms with Crippen LogP contribution in [0.5, 0.6) is 0 Å². The lowest BCUT2D eigenvalue weighted by Crippen LogP contribution is -2.40. The molecule has 0 aliphatic heterocycles. The summed E-state index contributed by atoms with van der Waals surface area (Å²) in [7, 11) is 1.43. The van der Waals surface area contributed by atoms with E-state index in [0.29, 0.717) is 11.5 Å². The van der Waals surface area contributed by atoms with Gasteiger partial charge in [0.2, 0.25) is 0 Å². The summed E-state index contributed by atoms with van der Waals surface area (Å²) in [6.07, 6.45) is 2.45. The molecule has 1 aromatic carbocycles. The van der Waals surface area contributed by atoms with Crippen molar-refractivity contribution in [3.8, 4) is 0 Å². The van der Waals surface area contributed by atoms with Crippen LogP contribution in [-0.4, -0.2) is 19.1 Å². The number of benzene rings is 1. The summed E-state index contributed by atoms with van der Waals surface area (Å²) in [5, 5.41) is 3.41. The molecule has 1 N–H and O–H groups in total. The molecule has 3 heteroatoms. The molecule has 1 saturated carbocycles. The Hall–Kier alpha value is -1.35. The molecule has 1 aliphatic carbocycles. The minimum absolute atomic E-state index is 0.225. The van der Waals surface area contributed by atoms with Crippen LogP contribution in [0.25, 0.3) is 0 Å². The maximum atomic E-state index is 11.9. The van der Waals surface area contributed by atoms with Gasteiger partial charge in [-0.05, 0) is 30.7 Å². The van der Waals surface area contributed by atoms with Gasteiger partial charge >= 0.3 is 5.97 Å². The summed E-state index contributed by atoms with van der Waals surface area (Å²) in [5.74, 6) is -0.225. The fraction of sp³-hybridized carbons (Fsp3) is 0.533. The lowest BCUT2D eigenvalue weighted by Gasteiger charge is -2.26. The van der Waals surface area contributed by atoms with Crippen LogP contribution in [0.3, 0.4) is 0 Å². The van der Waals surface area contributed by atoms with Gasteiger partial charge < -0.3 is 4.74 Å². The number of methoxy groups -OCH3 is 1. The number of carbonyl (C=O) groups excluding carboxylic acids is 1. The van der Waals surface area contributed by atoms with Crippen LogP contribution >= 0.6 is 0 Å². The van der Waals surface area contributed by atoms with Crippen LogP contribution in [0.2, 0.25) is 0 Å². The third-order valence-corrected chi connectivity index (χ3v) is 4.07. The zero-order valence-corrected chi connectivity index (χ0v) is 11.3. The molecule has 18 heavy (non-hydrogen) atoms. The number of hydrogen-bond donors (Lipinski definition) is 1. The van der Waals surface area contributed by atoms with Gasteiger partial charge in [0.15, 0.2) is 0 Å². The first-order valence-corrected chi connectivity index (χ1v) is 6.46. The van der Waals surface area contributed by atoms with Gasteiger partial charge in [0.05, 0.1) is 7.11 Å². The molecule has 2 atom stereocenters. The van der Waals surface area contributed by atoms with Gasteiger partial charge in [0, 0.05) is 6.04 Å². The maximum absolute atomic E-state index is 11.9. The van der Waals surface area contributed by atoms with E-state index in [1.54, 1.807) is 0 Å². The lowest BCUT2D eigenvalue weighted by atomic mass is 9.98. The second-order valence-electron chi connectivity index (χ2n) is 5.41. The van der Waals surface area contributed by atoms with Crippen molar-refractivity contribution in [2.75, 3.05) is 7.11 Å². The molecule has 98 valence electrons. The van der Waals surface area contributed by atoms with Gasteiger partial charge in [-0.2, -0.15) is 0 Å². The summed E-state index contributed by atoms with van der Waals surface area (Å²) in [5.41, 5.74) is 1.29. The van der Waals surface area contributed by atoms with E-state index in [1.165, 1.54) is 20.0 Å². The topological polar surface area (TPSA) is 38.3 Å². The van der Waals surface area contributed by atoms with Crippen molar-refractivity contribution in [1.29, 1.82) is 0 Å². The average Bonchev–Trinajstić information content (AvgIpc) is 3.15. The molecule has 1 aliphatic rings. The second kappa shape index (κ2) is 5.11. The number of ether oxygens (including phenoxy) is 1. The lowest BCUT2D eigenvalue weighted by molar-refractivity contribution is -0.143. The molecule has 0 aromatic heterocycles.